The van der Waals surface area contributed by atoms with Crippen LogP contribution < -0.4 is 5.73 Å². The van der Waals surface area contributed by atoms with Crippen molar-refractivity contribution in [1.29, 1.82) is 0 Å². The topological polar surface area (TPSA) is 51.8 Å². The fourth-order valence-electron chi connectivity index (χ4n) is 2.30. The number of nitrogen functional groups attached to an aromatic ring is 1. The second-order valence-electron chi connectivity index (χ2n) is 4.85. The van der Waals surface area contributed by atoms with Crippen LogP contribution in [0.2, 0.25) is 0 Å². The predicted molar refractivity (Wildman–Crippen MR) is 75.5 cm³/mol. The number of nitrogens with zero attached hydrogens (tertiary/aromatic N) is 2. The average Bonchev–Trinajstić information content (AvgIpc) is 2.37. The molecule has 0 saturated heterocycles. The molecule has 2 N–H and O–H groups in total. The molecule has 0 unspecified atom stereocenters. The average molecular weight is 237 g/mol. The molecule has 0 atom stereocenters. The van der Waals surface area contributed by atoms with Gasteiger partial charge >= 0.3 is 0 Å². The Morgan fingerprint density at radius 2 is 1.89 bits per heavy atom. The quantitative estimate of drug-likeness (QED) is 0.659. The van der Waals surface area contributed by atoms with E-state index in [1.807, 2.05) is 12.3 Å². The van der Waals surface area contributed by atoms with Crippen LogP contribution in [0.15, 0.2) is 36.7 Å². The fraction of sp³-hybridized carbons (Fsp3) is 0.200. The Morgan fingerprint density at radius 1 is 1.11 bits per heavy atom. The van der Waals surface area contributed by atoms with E-state index in [1.54, 1.807) is 6.20 Å². The van der Waals surface area contributed by atoms with Gasteiger partial charge in [-0.1, -0.05) is 26.0 Å². The van der Waals surface area contributed by atoms with Gasteiger partial charge in [0.05, 0.1) is 5.52 Å². The number of anilines is 1. The molecular weight excluding hydrogens is 222 g/mol. The molecule has 0 radical (unpaired) electrons. The predicted octanol–water partition coefficient (Wildman–Crippen LogP) is 3.49. The van der Waals surface area contributed by atoms with Crippen molar-refractivity contribution < 1.29 is 0 Å². The Balaban J connectivity index is 2.42. The number of nitrogens with two attached hydrogens (primary N) is 1. The molecule has 3 rings (SSSR count). The molecule has 0 aliphatic carbocycles. The summed E-state index contributed by atoms with van der Waals surface area (Å²) < 4.78 is 0. The van der Waals surface area contributed by atoms with Gasteiger partial charge in [0.1, 0.15) is 5.82 Å². The Labute approximate surface area is 106 Å². The standard InChI is InChI=1S/C15H15N3/c1-9(2)13-7-10-3-4-11-8-17-6-5-12(11)14(10)18-15(13)16/h3-9H,1-2H3,(H2,16,18). The van der Waals surface area contributed by atoms with Crippen molar-refractivity contribution in [2.24, 2.45) is 0 Å². The molecule has 3 heteroatoms. The van der Waals surface area contributed by atoms with E-state index in [1.165, 1.54) is 0 Å². The first-order valence-electron chi connectivity index (χ1n) is 6.09. The highest BCUT2D eigenvalue weighted by molar-refractivity contribution is 6.05. The summed E-state index contributed by atoms with van der Waals surface area (Å²) in [5.74, 6) is 1.01. The number of rotatable bonds is 1. The van der Waals surface area contributed by atoms with Crippen LogP contribution in [0.1, 0.15) is 25.3 Å². The normalized spacial score (nSPS) is 11.5. The zero-order chi connectivity index (χ0) is 12.7. The second kappa shape index (κ2) is 3.95. The van der Waals surface area contributed by atoms with Gasteiger partial charge in [0.2, 0.25) is 0 Å². The minimum atomic E-state index is 0.384. The van der Waals surface area contributed by atoms with E-state index < -0.39 is 0 Å². The fourth-order valence-corrected chi connectivity index (χ4v) is 2.30. The van der Waals surface area contributed by atoms with Crippen LogP contribution in [0.3, 0.4) is 0 Å². The second-order valence-corrected chi connectivity index (χ2v) is 4.85. The lowest BCUT2D eigenvalue weighted by Gasteiger charge is -2.11. The van der Waals surface area contributed by atoms with Gasteiger partial charge in [-0.3, -0.25) is 4.98 Å². The minimum absolute atomic E-state index is 0.384. The van der Waals surface area contributed by atoms with Gasteiger partial charge in [0.15, 0.2) is 0 Å². The number of pyridine rings is 2. The largest absolute Gasteiger partial charge is 0.383 e. The third-order valence-corrected chi connectivity index (χ3v) is 3.28. The highest BCUT2D eigenvalue weighted by Crippen LogP contribution is 2.29. The molecule has 18 heavy (non-hydrogen) atoms. The molecule has 0 amide bonds. The summed E-state index contributed by atoms with van der Waals surface area (Å²) in [6, 6.07) is 8.28. The van der Waals surface area contributed by atoms with Crippen LogP contribution in [-0.2, 0) is 0 Å². The number of benzene rings is 1. The van der Waals surface area contributed by atoms with E-state index in [4.69, 9.17) is 5.73 Å². The Hall–Kier alpha value is -2.16. The van der Waals surface area contributed by atoms with Crippen LogP contribution in [0.4, 0.5) is 5.82 Å². The molecule has 0 bridgehead atoms. The lowest BCUT2D eigenvalue weighted by Crippen LogP contribution is -2.00. The van der Waals surface area contributed by atoms with E-state index in [-0.39, 0.29) is 0 Å². The summed E-state index contributed by atoms with van der Waals surface area (Å²) in [6.45, 7) is 4.26. The SMILES string of the molecule is CC(C)c1cc2ccc3cnccc3c2nc1N. The van der Waals surface area contributed by atoms with Crippen molar-refractivity contribution in [3.63, 3.8) is 0 Å². The molecule has 0 fully saturated rings. The highest BCUT2D eigenvalue weighted by atomic mass is 14.8. The zero-order valence-corrected chi connectivity index (χ0v) is 10.5. The monoisotopic (exact) mass is 237 g/mol. The third-order valence-electron chi connectivity index (χ3n) is 3.28. The molecule has 2 heterocycles. The van der Waals surface area contributed by atoms with Crippen molar-refractivity contribution >= 4 is 27.5 Å². The van der Waals surface area contributed by atoms with Gasteiger partial charge in [-0.05, 0) is 23.6 Å². The van der Waals surface area contributed by atoms with Gasteiger partial charge in [-0.2, -0.15) is 0 Å². The van der Waals surface area contributed by atoms with Crippen LogP contribution in [0, 0.1) is 0 Å². The van der Waals surface area contributed by atoms with Gasteiger partial charge in [0, 0.05) is 28.6 Å². The van der Waals surface area contributed by atoms with Crippen LogP contribution in [-0.4, -0.2) is 9.97 Å². The van der Waals surface area contributed by atoms with Gasteiger partial charge < -0.3 is 5.73 Å². The maximum Gasteiger partial charge on any atom is 0.127 e. The minimum Gasteiger partial charge on any atom is -0.383 e. The number of hydrogen-bond acceptors (Lipinski definition) is 3. The maximum absolute atomic E-state index is 6.05. The van der Waals surface area contributed by atoms with Gasteiger partial charge in [-0.25, -0.2) is 4.98 Å². The van der Waals surface area contributed by atoms with Crippen LogP contribution in [0.5, 0.6) is 0 Å². The van der Waals surface area contributed by atoms with Crippen molar-refractivity contribution in [2.45, 2.75) is 19.8 Å². The first-order chi connectivity index (χ1) is 8.66. The molecule has 3 nitrogen and oxygen atoms in total. The number of hydrogen-bond donors (Lipinski definition) is 1. The van der Waals surface area contributed by atoms with Crippen LogP contribution >= 0.6 is 0 Å². The first kappa shape index (κ1) is 11.0. The smallest absolute Gasteiger partial charge is 0.127 e. The summed E-state index contributed by atoms with van der Waals surface area (Å²) in [5, 5.41) is 3.32. The van der Waals surface area contributed by atoms with E-state index in [0.717, 1.165) is 27.2 Å². The molecule has 2 aromatic heterocycles. The molecule has 1 aromatic carbocycles. The summed E-state index contributed by atoms with van der Waals surface area (Å²) in [6.07, 6.45) is 3.64. The zero-order valence-electron chi connectivity index (χ0n) is 10.5. The van der Waals surface area contributed by atoms with Crippen LogP contribution in [0.25, 0.3) is 21.7 Å². The van der Waals surface area contributed by atoms with Gasteiger partial charge in [0.25, 0.3) is 0 Å². The maximum atomic E-state index is 6.05. The van der Waals surface area contributed by atoms with Crippen molar-refractivity contribution in [3.8, 4) is 0 Å². The Morgan fingerprint density at radius 3 is 2.67 bits per heavy atom. The summed E-state index contributed by atoms with van der Waals surface area (Å²) >= 11 is 0. The Kier molecular flexibility index (Phi) is 2.40. The summed E-state index contributed by atoms with van der Waals surface area (Å²) in [4.78, 5) is 8.70. The molecular formula is C15H15N3. The summed E-state index contributed by atoms with van der Waals surface area (Å²) in [5.41, 5.74) is 8.11. The molecule has 0 spiro atoms. The van der Waals surface area contributed by atoms with E-state index in [9.17, 15) is 0 Å². The molecule has 0 aliphatic rings. The third kappa shape index (κ3) is 1.59. The molecule has 90 valence electrons. The molecule has 3 aromatic rings. The van der Waals surface area contributed by atoms with E-state index in [2.05, 4.69) is 42.0 Å². The lowest BCUT2D eigenvalue weighted by molar-refractivity contribution is 0.866. The van der Waals surface area contributed by atoms with Crippen molar-refractivity contribution in [1.82, 2.24) is 9.97 Å². The Bertz CT molecular complexity index is 732. The summed E-state index contributed by atoms with van der Waals surface area (Å²) in [7, 11) is 0. The molecule has 0 saturated carbocycles. The highest BCUT2D eigenvalue weighted by Gasteiger charge is 2.09. The first-order valence-corrected chi connectivity index (χ1v) is 6.09. The van der Waals surface area contributed by atoms with Crippen molar-refractivity contribution in [3.05, 3.63) is 42.2 Å². The van der Waals surface area contributed by atoms with Gasteiger partial charge in [-0.15, -0.1) is 0 Å². The van der Waals surface area contributed by atoms with Crippen molar-refractivity contribution in [2.75, 3.05) is 5.73 Å². The lowest BCUT2D eigenvalue weighted by atomic mass is 10.0. The van der Waals surface area contributed by atoms with E-state index >= 15 is 0 Å². The molecule has 0 aliphatic heterocycles. The van der Waals surface area contributed by atoms with E-state index in [0.29, 0.717) is 11.7 Å². The number of aromatic nitrogens is 2. The number of fused-ring (bicyclic) bond motifs is 3.